The van der Waals surface area contributed by atoms with E-state index in [2.05, 4.69) is 0 Å². The average molecular weight is 223 g/mol. The van der Waals surface area contributed by atoms with Crippen LogP contribution in [-0.2, 0) is 4.74 Å². The minimum atomic E-state index is -0.515. The zero-order valence-electron chi connectivity index (χ0n) is 8.91. The summed E-state index contributed by atoms with van der Waals surface area (Å²) in [5.41, 5.74) is 5.88. The molecular weight excluding hydrogens is 209 g/mol. The first kappa shape index (κ1) is 10.9. The molecule has 86 valence electrons. The van der Waals surface area contributed by atoms with Gasteiger partial charge in [-0.3, -0.25) is 0 Å². The lowest BCUT2D eigenvalue weighted by Crippen LogP contribution is -2.15. The van der Waals surface area contributed by atoms with E-state index in [0.717, 1.165) is 31.7 Å². The lowest BCUT2D eigenvalue weighted by atomic mass is 10.2. The maximum Gasteiger partial charge on any atom is 0.338 e. The van der Waals surface area contributed by atoms with E-state index >= 15 is 0 Å². The van der Waals surface area contributed by atoms with Gasteiger partial charge in [-0.25, -0.2) is 9.18 Å². The Labute approximate surface area is 93.4 Å². The van der Waals surface area contributed by atoms with Crippen molar-refractivity contribution < 1.29 is 13.9 Å². The number of hydrogen-bond donors (Lipinski definition) is 1. The summed E-state index contributed by atoms with van der Waals surface area (Å²) in [5.74, 6) is -1.00. The molecule has 0 bridgehead atoms. The Morgan fingerprint density at radius 1 is 1.31 bits per heavy atom. The van der Waals surface area contributed by atoms with Crippen LogP contribution < -0.4 is 5.73 Å². The first-order valence-electron chi connectivity index (χ1n) is 5.42. The third-order valence-corrected chi connectivity index (χ3v) is 2.73. The lowest BCUT2D eigenvalue weighted by Gasteiger charge is -2.11. The molecule has 16 heavy (non-hydrogen) atoms. The number of hydrogen-bond acceptors (Lipinski definition) is 3. The molecule has 1 fully saturated rings. The fourth-order valence-electron chi connectivity index (χ4n) is 1.96. The Balaban J connectivity index is 2.07. The second-order valence-corrected chi connectivity index (χ2v) is 4.09. The zero-order valence-corrected chi connectivity index (χ0v) is 8.91. The lowest BCUT2D eigenvalue weighted by molar-refractivity contribution is 0.0317. The van der Waals surface area contributed by atoms with Crippen LogP contribution in [0.5, 0.6) is 0 Å². The predicted molar refractivity (Wildman–Crippen MR) is 58.5 cm³/mol. The number of carbonyl (C=O) groups is 1. The van der Waals surface area contributed by atoms with Crippen LogP contribution in [0.25, 0.3) is 0 Å². The van der Waals surface area contributed by atoms with Crippen molar-refractivity contribution in [2.24, 2.45) is 0 Å². The number of benzene rings is 1. The van der Waals surface area contributed by atoms with Crippen molar-refractivity contribution >= 4 is 11.7 Å². The Kier molecular flexibility index (Phi) is 3.08. The van der Waals surface area contributed by atoms with E-state index in [4.69, 9.17) is 10.5 Å². The predicted octanol–water partition coefficient (Wildman–Crippen LogP) is 2.51. The minimum absolute atomic E-state index is 0.0167. The van der Waals surface area contributed by atoms with Gasteiger partial charge in [0.1, 0.15) is 11.9 Å². The summed E-state index contributed by atoms with van der Waals surface area (Å²) in [6.07, 6.45) is 3.96. The van der Waals surface area contributed by atoms with Crippen LogP contribution in [0.4, 0.5) is 10.1 Å². The molecule has 1 saturated carbocycles. The van der Waals surface area contributed by atoms with Gasteiger partial charge in [-0.2, -0.15) is 0 Å². The van der Waals surface area contributed by atoms with Gasteiger partial charge >= 0.3 is 5.97 Å². The summed E-state index contributed by atoms with van der Waals surface area (Å²) < 4.78 is 18.3. The van der Waals surface area contributed by atoms with Crippen LogP contribution in [0, 0.1) is 5.82 Å². The Hall–Kier alpha value is -1.58. The van der Waals surface area contributed by atoms with Gasteiger partial charge in [-0.05, 0) is 43.9 Å². The fraction of sp³-hybridized carbons (Fsp3) is 0.417. The number of nitrogen functional groups attached to an aromatic ring is 1. The van der Waals surface area contributed by atoms with E-state index in [0.29, 0.717) is 0 Å². The van der Waals surface area contributed by atoms with Crippen LogP contribution in [0.1, 0.15) is 36.0 Å². The van der Waals surface area contributed by atoms with Crippen molar-refractivity contribution in [2.75, 3.05) is 5.73 Å². The van der Waals surface area contributed by atoms with Crippen molar-refractivity contribution in [2.45, 2.75) is 31.8 Å². The van der Waals surface area contributed by atoms with Crippen LogP contribution >= 0.6 is 0 Å². The number of carbonyl (C=O) groups excluding carboxylic acids is 1. The molecule has 0 heterocycles. The number of rotatable bonds is 2. The monoisotopic (exact) mass is 223 g/mol. The van der Waals surface area contributed by atoms with Gasteiger partial charge in [0.05, 0.1) is 5.56 Å². The molecule has 4 heteroatoms. The van der Waals surface area contributed by atoms with E-state index in [-0.39, 0.29) is 17.4 Å². The summed E-state index contributed by atoms with van der Waals surface area (Å²) in [6.45, 7) is 0. The maximum atomic E-state index is 13.0. The second-order valence-electron chi connectivity index (χ2n) is 4.09. The Bertz CT molecular complexity index is 380. The smallest absolute Gasteiger partial charge is 0.338 e. The molecule has 0 aromatic heterocycles. The molecule has 0 spiro atoms. The van der Waals surface area contributed by atoms with Crippen molar-refractivity contribution in [1.29, 1.82) is 0 Å². The van der Waals surface area contributed by atoms with Gasteiger partial charge in [-0.15, -0.1) is 0 Å². The number of halogens is 1. The molecule has 1 aromatic rings. The highest BCUT2D eigenvalue weighted by Gasteiger charge is 2.20. The largest absolute Gasteiger partial charge is 0.459 e. The topological polar surface area (TPSA) is 52.3 Å². The summed E-state index contributed by atoms with van der Waals surface area (Å²) in [6, 6.07) is 3.75. The number of ether oxygens (including phenoxy) is 1. The molecule has 0 radical (unpaired) electrons. The zero-order chi connectivity index (χ0) is 11.5. The Morgan fingerprint density at radius 2 is 2.00 bits per heavy atom. The third-order valence-electron chi connectivity index (χ3n) is 2.73. The van der Waals surface area contributed by atoms with Crippen molar-refractivity contribution in [3.05, 3.63) is 29.6 Å². The molecule has 1 aliphatic carbocycles. The number of esters is 1. The minimum Gasteiger partial charge on any atom is -0.459 e. The summed E-state index contributed by atoms with van der Waals surface area (Å²) >= 11 is 0. The quantitative estimate of drug-likeness (QED) is 0.619. The summed E-state index contributed by atoms with van der Waals surface area (Å²) in [4.78, 5) is 11.7. The van der Waals surface area contributed by atoms with Gasteiger partial charge in [0.2, 0.25) is 0 Å². The average Bonchev–Trinajstić information content (AvgIpc) is 2.68. The molecule has 0 unspecified atom stereocenters. The highest BCUT2D eigenvalue weighted by Crippen LogP contribution is 2.22. The van der Waals surface area contributed by atoms with Gasteiger partial charge in [-0.1, -0.05) is 0 Å². The van der Waals surface area contributed by atoms with Crippen LogP contribution in [0.2, 0.25) is 0 Å². The van der Waals surface area contributed by atoms with E-state index in [1.807, 2.05) is 0 Å². The van der Waals surface area contributed by atoms with Crippen LogP contribution in [-0.4, -0.2) is 12.1 Å². The van der Waals surface area contributed by atoms with Crippen LogP contribution in [0.15, 0.2) is 18.2 Å². The van der Waals surface area contributed by atoms with E-state index < -0.39 is 11.8 Å². The van der Waals surface area contributed by atoms with Gasteiger partial charge in [0, 0.05) is 5.69 Å². The molecule has 0 amide bonds. The van der Waals surface area contributed by atoms with Gasteiger partial charge < -0.3 is 10.5 Å². The maximum absolute atomic E-state index is 13.0. The fourth-order valence-corrected chi connectivity index (χ4v) is 1.96. The molecule has 0 aliphatic heterocycles. The highest BCUT2D eigenvalue weighted by atomic mass is 19.1. The molecule has 0 saturated heterocycles. The van der Waals surface area contributed by atoms with Gasteiger partial charge in [0.25, 0.3) is 0 Å². The van der Waals surface area contributed by atoms with Crippen molar-refractivity contribution in [3.63, 3.8) is 0 Å². The summed E-state index contributed by atoms with van der Waals surface area (Å²) in [5, 5.41) is 0. The second kappa shape index (κ2) is 4.51. The van der Waals surface area contributed by atoms with Gasteiger partial charge in [0.15, 0.2) is 0 Å². The number of nitrogens with two attached hydrogens (primary N) is 1. The van der Waals surface area contributed by atoms with E-state index in [9.17, 15) is 9.18 Å². The van der Waals surface area contributed by atoms with E-state index in [1.165, 1.54) is 12.1 Å². The molecule has 0 atom stereocenters. The SMILES string of the molecule is Nc1cc(F)cc(C(=O)OC2CCCC2)c1. The Morgan fingerprint density at radius 3 is 2.62 bits per heavy atom. The first-order valence-corrected chi connectivity index (χ1v) is 5.42. The molecular formula is C12H14FNO2. The first-order chi connectivity index (χ1) is 7.65. The highest BCUT2D eigenvalue weighted by molar-refractivity contribution is 5.90. The third kappa shape index (κ3) is 2.51. The molecule has 2 N–H and O–H groups in total. The standard InChI is InChI=1S/C12H14FNO2/c13-9-5-8(6-10(14)7-9)12(15)16-11-3-1-2-4-11/h5-7,11H,1-4,14H2. The molecule has 3 nitrogen and oxygen atoms in total. The van der Waals surface area contributed by atoms with Crippen LogP contribution in [0.3, 0.4) is 0 Å². The van der Waals surface area contributed by atoms with E-state index in [1.54, 1.807) is 0 Å². The normalized spacial score (nSPS) is 16.3. The molecule has 1 aromatic carbocycles. The van der Waals surface area contributed by atoms with Crippen molar-refractivity contribution in [3.8, 4) is 0 Å². The molecule has 2 rings (SSSR count). The summed E-state index contributed by atoms with van der Waals surface area (Å²) in [7, 11) is 0. The number of anilines is 1. The molecule has 1 aliphatic rings. The van der Waals surface area contributed by atoms with Crippen molar-refractivity contribution in [1.82, 2.24) is 0 Å².